The van der Waals surface area contributed by atoms with Crippen LogP contribution in [0, 0.1) is 23.7 Å². The maximum Gasteiger partial charge on any atom is 0.371 e. The van der Waals surface area contributed by atoms with Crippen molar-refractivity contribution in [2.45, 2.75) is 103 Å². The van der Waals surface area contributed by atoms with Crippen LogP contribution in [-0.4, -0.2) is 33.6 Å². The lowest BCUT2D eigenvalue weighted by Crippen LogP contribution is -2.65. The third kappa shape index (κ3) is 4.65. The molecule has 5 fully saturated rings. The van der Waals surface area contributed by atoms with E-state index in [1.54, 1.807) is 38.5 Å². The highest BCUT2D eigenvalue weighted by atomic mass is 28.4. The average molecular weight is 397 g/mol. The highest BCUT2D eigenvalue weighted by Gasteiger charge is 2.59. The van der Waals surface area contributed by atoms with Gasteiger partial charge in [0.15, 0.2) is 0 Å². The maximum absolute atomic E-state index is 6.16. The summed E-state index contributed by atoms with van der Waals surface area (Å²) >= 11 is 0. The zero-order chi connectivity index (χ0) is 19.3. The molecule has 0 aromatic heterocycles. The van der Waals surface area contributed by atoms with E-state index in [9.17, 15) is 0 Å². The van der Waals surface area contributed by atoms with Crippen molar-refractivity contribution >= 4 is 8.56 Å². The second kappa shape index (κ2) is 9.73. The highest BCUT2D eigenvalue weighted by molar-refractivity contribution is 6.70. The van der Waals surface area contributed by atoms with Gasteiger partial charge in [0, 0.05) is 19.8 Å². The molecule has 5 aliphatic rings. The molecule has 4 bridgehead atoms. The highest BCUT2D eigenvalue weighted by Crippen LogP contribution is 2.53. The number of rotatable bonds is 7. The summed E-state index contributed by atoms with van der Waals surface area (Å²) in [5.74, 6) is 4.71. The molecule has 4 aliphatic carbocycles. The van der Waals surface area contributed by atoms with Gasteiger partial charge in [-0.05, 0) is 102 Å². The van der Waals surface area contributed by atoms with Crippen molar-refractivity contribution in [2.75, 3.05) is 19.8 Å². The van der Waals surface area contributed by atoms with Crippen molar-refractivity contribution in [3.05, 3.63) is 0 Å². The van der Waals surface area contributed by atoms with Crippen molar-refractivity contribution in [3.8, 4) is 0 Å². The normalized spacial score (nSPS) is 39.1. The Hall–Kier alpha value is 0.0969. The maximum atomic E-state index is 6.16. The lowest BCUT2D eigenvalue weighted by molar-refractivity contribution is -0.0426. The van der Waals surface area contributed by atoms with Gasteiger partial charge in [0.1, 0.15) is 5.22 Å². The Labute approximate surface area is 169 Å². The lowest BCUT2D eigenvalue weighted by atomic mass is 9.56. The molecular formula is C23H44O3Si. The minimum absolute atomic E-state index is 0.119. The molecule has 4 heteroatoms. The van der Waals surface area contributed by atoms with Gasteiger partial charge in [-0.1, -0.05) is 19.8 Å². The van der Waals surface area contributed by atoms with E-state index in [0.717, 1.165) is 38.7 Å². The average Bonchev–Trinajstić information content (AvgIpc) is 2.64. The van der Waals surface area contributed by atoms with Crippen LogP contribution in [0.3, 0.4) is 0 Å². The minimum Gasteiger partial charge on any atom is -0.393 e. The Morgan fingerprint density at radius 1 is 0.704 bits per heavy atom. The minimum atomic E-state index is -2.21. The molecule has 158 valence electrons. The van der Waals surface area contributed by atoms with Crippen molar-refractivity contribution in [1.82, 2.24) is 0 Å². The summed E-state index contributed by atoms with van der Waals surface area (Å²) in [4.78, 5) is 0. The van der Waals surface area contributed by atoms with Crippen LogP contribution in [-0.2, 0) is 13.6 Å². The van der Waals surface area contributed by atoms with Crippen LogP contribution in [0.2, 0.25) is 6.04 Å². The van der Waals surface area contributed by atoms with E-state index < -0.39 is 8.56 Å². The van der Waals surface area contributed by atoms with Crippen LogP contribution < -0.4 is 0 Å². The zero-order valence-corrected chi connectivity index (χ0v) is 19.4. The van der Waals surface area contributed by atoms with E-state index >= 15 is 0 Å². The van der Waals surface area contributed by atoms with Crippen LogP contribution in [0.5, 0.6) is 0 Å². The van der Waals surface area contributed by atoms with E-state index in [1.165, 1.54) is 36.5 Å². The Bertz CT molecular complexity index is 383. The third-order valence-electron chi connectivity index (χ3n) is 7.78. The summed E-state index contributed by atoms with van der Waals surface area (Å²) in [6, 6.07) is 1.09. The van der Waals surface area contributed by atoms with E-state index in [4.69, 9.17) is 13.6 Å². The van der Waals surface area contributed by atoms with Gasteiger partial charge in [0.25, 0.3) is 0 Å². The second-order valence-electron chi connectivity index (χ2n) is 9.49. The lowest BCUT2D eigenvalue weighted by Gasteiger charge is -2.49. The van der Waals surface area contributed by atoms with Gasteiger partial charge >= 0.3 is 8.56 Å². The number of hydrogen-bond donors (Lipinski definition) is 0. The predicted octanol–water partition coefficient (Wildman–Crippen LogP) is 6.24. The third-order valence-corrected chi connectivity index (χ3v) is 12.4. The first-order valence-corrected chi connectivity index (χ1v) is 14.0. The Balaban J connectivity index is 0.000000174. The summed E-state index contributed by atoms with van der Waals surface area (Å²) < 4.78 is 18.5. The number of hydrogen-bond acceptors (Lipinski definition) is 3. The fourth-order valence-electron chi connectivity index (χ4n) is 7.09. The molecule has 0 radical (unpaired) electrons. The molecule has 1 unspecified atom stereocenters. The van der Waals surface area contributed by atoms with Gasteiger partial charge in [-0.3, -0.25) is 0 Å². The fraction of sp³-hybridized carbons (Fsp3) is 1.00. The van der Waals surface area contributed by atoms with E-state index in [0.29, 0.717) is 0 Å². The molecule has 5 rings (SSSR count). The van der Waals surface area contributed by atoms with Gasteiger partial charge in [0.2, 0.25) is 0 Å². The molecule has 0 aromatic carbocycles. The van der Waals surface area contributed by atoms with Gasteiger partial charge in [0.05, 0.1) is 0 Å². The van der Waals surface area contributed by atoms with Crippen LogP contribution in [0.15, 0.2) is 0 Å². The standard InChI is InChI=1S/C13H28O3Si.C10H16/c1-5-13(14-6-2)11-9-10-12-17(13,15-7-3)16-8-4;1-7-2-9-4-8(1)5-10(3-7)6-9/h5-12H2,1-4H3;7-10H,1-6H2. The zero-order valence-electron chi connectivity index (χ0n) is 18.4. The van der Waals surface area contributed by atoms with Gasteiger partial charge in [-0.25, -0.2) is 0 Å². The molecule has 0 aromatic rings. The molecule has 27 heavy (non-hydrogen) atoms. The van der Waals surface area contributed by atoms with E-state index in [2.05, 4.69) is 27.7 Å². The van der Waals surface area contributed by atoms with Crippen molar-refractivity contribution in [1.29, 1.82) is 0 Å². The van der Waals surface area contributed by atoms with Crippen LogP contribution in [0.1, 0.15) is 91.9 Å². The molecule has 1 heterocycles. The molecule has 1 saturated heterocycles. The van der Waals surface area contributed by atoms with Gasteiger partial charge in [-0.2, -0.15) is 0 Å². The smallest absolute Gasteiger partial charge is 0.371 e. The summed E-state index contributed by atoms with van der Waals surface area (Å²) in [6.07, 6.45) is 14.2. The molecule has 0 N–H and O–H groups in total. The first kappa shape index (κ1) is 21.8. The van der Waals surface area contributed by atoms with Crippen molar-refractivity contribution in [2.24, 2.45) is 23.7 Å². The predicted molar refractivity (Wildman–Crippen MR) is 114 cm³/mol. The molecule has 1 atom stereocenters. The molecule has 0 spiro atoms. The number of ether oxygens (including phenoxy) is 1. The molecule has 4 saturated carbocycles. The summed E-state index contributed by atoms with van der Waals surface area (Å²) in [5, 5.41) is -0.119. The molecular weight excluding hydrogens is 352 g/mol. The SMILES string of the molecule is C1C2CC3CC1CC(C2)C3.CCOC1(CC)CCCC[Si]1(OCC)OCC. The fourth-order valence-corrected chi connectivity index (χ4v) is 11.6. The Kier molecular flexibility index (Phi) is 7.86. The van der Waals surface area contributed by atoms with E-state index in [-0.39, 0.29) is 5.22 Å². The van der Waals surface area contributed by atoms with Crippen molar-refractivity contribution < 1.29 is 13.6 Å². The van der Waals surface area contributed by atoms with Crippen molar-refractivity contribution in [3.63, 3.8) is 0 Å². The molecule has 0 amide bonds. The Morgan fingerprint density at radius 2 is 1.19 bits per heavy atom. The summed E-state index contributed by atoms with van der Waals surface area (Å²) in [7, 11) is -2.21. The molecule has 1 aliphatic heterocycles. The first-order valence-electron chi connectivity index (χ1n) is 12.0. The largest absolute Gasteiger partial charge is 0.393 e. The van der Waals surface area contributed by atoms with Gasteiger partial charge < -0.3 is 13.6 Å². The van der Waals surface area contributed by atoms with Crippen LogP contribution in [0.4, 0.5) is 0 Å². The van der Waals surface area contributed by atoms with E-state index in [1.807, 2.05) is 0 Å². The van der Waals surface area contributed by atoms with Crippen LogP contribution in [0.25, 0.3) is 0 Å². The molecule has 3 nitrogen and oxygen atoms in total. The second-order valence-corrected chi connectivity index (χ2v) is 13.0. The summed E-state index contributed by atoms with van der Waals surface area (Å²) in [5.41, 5.74) is 0. The summed E-state index contributed by atoms with van der Waals surface area (Å²) in [6.45, 7) is 10.6. The Morgan fingerprint density at radius 3 is 1.56 bits per heavy atom. The van der Waals surface area contributed by atoms with Crippen LogP contribution >= 0.6 is 0 Å². The first-order chi connectivity index (χ1) is 13.1. The monoisotopic (exact) mass is 396 g/mol. The topological polar surface area (TPSA) is 27.7 Å². The quantitative estimate of drug-likeness (QED) is 0.476. The van der Waals surface area contributed by atoms with Gasteiger partial charge in [-0.15, -0.1) is 0 Å².